The highest BCUT2D eigenvalue weighted by Crippen LogP contribution is 2.29. The molecule has 0 amide bonds. The first-order valence-corrected chi connectivity index (χ1v) is 6.97. The van der Waals surface area contributed by atoms with Gasteiger partial charge in [-0.25, -0.2) is 4.39 Å². The number of nitrogens with two attached hydrogens (primary N) is 1. The fourth-order valence-electron chi connectivity index (χ4n) is 2.82. The molecule has 0 heterocycles. The van der Waals surface area contributed by atoms with Crippen molar-refractivity contribution in [2.45, 2.75) is 44.6 Å². The normalized spacial score (nSPS) is 18.2. The monoisotopic (exact) mass is 270 g/mol. The van der Waals surface area contributed by atoms with Crippen LogP contribution in [0.3, 0.4) is 0 Å². The maximum absolute atomic E-state index is 13.7. The minimum absolute atomic E-state index is 0.126. The number of benzene rings is 1. The summed E-state index contributed by atoms with van der Waals surface area (Å²) in [6.07, 6.45) is 6.79. The average Bonchev–Trinajstić information content (AvgIpc) is 2.85. The van der Waals surface area contributed by atoms with E-state index in [2.05, 4.69) is 5.43 Å². The van der Waals surface area contributed by atoms with Gasteiger partial charge in [0.1, 0.15) is 5.82 Å². The molecule has 1 aliphatic rings. The van der Waals surface area contributed by atoms with Crippen molar-refractivity contribution in [1.82, 2.24) is 5.43 Å². The molecule has 0 spiro atoms. The van der Waals surface area contributed by atoms with Gasteiger partial charge in [0.05, 0.1) is 0 Å². The summed E-state index contributed by atoms with van der Waals surface area (Å²) in [7, 11) is 0. The van der Waals surface area contributed by atoms with Crippen LogP contribution in [-0.2, 0) is 6.42 Å². The molecule has 0 bridgehead atoms. The summed E-state index contributed by atoms with van der Waals surface area (Å²) in [6.45, 7) is 0. The van der Waals surface area contributed by atoms with Crippen LogP contribution in [0.4, 0.5) is 4.39 Å². The van der Waals surface area contributed by atoms with Gasteiger partial charge in [-0.3, -0.25) is 11.3 Å². The molecule has 1 saturated carbocycles. The van der Waals surface area contributed by atoms with E-state index in [1.807, 2.05) is 0 Å². The third kappa shape index (κ3) is 3.67. The van der Waals surface area contributed by atoms with Gasteiger partial charge in [0.15, 0.2) is 0 Å². The second-order valence-corrected chi connectivity index (χ2v) is 5.63. The molecular formula is C14H20ClFN2. The Bertz CT molecular complexity index is 391. The Hall–Kier alpha value is -0.640. The zero-order valence-corrected chi connectivity index (χ0v) is 11.2. The summed E-state index contributed by atoms with van der Waals surface area (Å²) in [5, 5.41) is 0.572. The molecule has 0 radical (unpaired) electrons. The largest absolute Gasteiger partial charge is 0.271 e. The molecular weight excluding hydrogens is 251 g/mol. The summed E-state index contributed by atoms with van der Waals surface area (Å²) in [4.78, 5) is 0. The zero-order chi connectivity index (χ0) is 13.0. The van der Waals surface area contributed by atoms with E-state index in [1.165, 1.54) is 31.7 Å². The van der Waals surface area contributed by atoms with Crippen molar-refractivity contribution in [1.29, 1.82) is 0 Å². The first-order chi connectivity index (χ1) is 8.69. The highest BCUT2D eigenvalue weighted by Gasteiger charge is 2.20. The lowest BCUT2D eigenvalue weighted by molar-refractivity contribution is 0.386. The minimum atomic E-state index is -0.203. The Morgan fingerprint density at radius 2 is 2.11 bits per heavy atom. The molecule has 18 heavy (non-hydrogen) atoms. The van der Waals surface area contributed by atoms with Crippen molar-refractivity contribution in [3.05, 3.63) is 34.6 Å². The lowest BCUT2D eigenvalue weighted by Crippen LogP contribution is -2.38. The van der Waals surface area contributed by atoms with Crippen LogP contribution >= 0.6 is 11.6 Å². The van der Waals surface area contributed by atoms with E-state index in [1.54, 1.807) is 12.1 Å². The van der Waals surface area contributed by atoms with Crippen LogP contribution in [0, 0.1) is 11.7 Å². The Balaban J connectivity index is 1.98. The van der Waals surface area contributed by atoms with Crippen molar-refractivity contribution in [3.8, 4) is 0 Å². The molecule has 1 atom stereocenters. The average molecular weight is 271 g/mol. The van der Waals surface area contributed by atoms with Crippen LogP contribution in [0.2, 0.25) is 5.02 Å². The van der Waals surface area contributed by atoms with Gasteiger partial charge < -0.3 is 0 Å². The quantitative estimate of drug-likeness (QED) is 0.635. The number of hydrogen-bond acceptors (Lipinski definition) is 2. The molecule has 1 aromatic rings. The molecule has 4 heteroatoms. The van der Waals surface area contributed by atoms with E-state index in [0.29, 0.717) is 17.0 Å². The van der Waals surface area contributed by atoms with Crippen molar-refractivity contribution < 1.29 is 4.39 Å². The van der Waals surface area contributed by atoms with Crippen LogP contribution < -0.4 is 11.3 Å². The molecule has 0 aromatic heterocycles. The van der Waals surface area contributed by atoms with Gasteiger partial charge in [-0.15, -0.1) is 0 Å². The van der Waals surface area contributed by atoms with E-state index in [-0.39, 0.29) is 11.9 Å². The molecule has 1 aromatic carbocycles. The fourth-order valence-corrected chi connectivity index (χ4v) is 3.02. The predicted molar refractivity (Wildman–Crippen MR) is 72.8 cm³/mol. The Morgan fingerprint density at radius 3 is 2.78 bits per heavy atom. The standard InChI is InChI=1S/C14H20ClFN2/c15-12-5-6-14(16)11(8-12)9-13(18-17)7-10-3-1-2-4-10/h5-6,8,10,13,18H,1-4,7,9,17H2. The number of hydrogen-bond donors (Lipinski definition) is 2. The molecule has 2 rings (SSSR count). The first-order valence-electron chi connectivity index (χ1n) is 6.59. The smallest absolute Gasteiger partial charge is 0.126 e. The van der Waals surface area contributed by atoms with Crippen LogP contribution in [0.1, 0.15) is 37.7 Å². The van der Waals surface area contributed by atoms with Gasteiger partial charge >= 0.3 is 0 Å². The van der Waals surface area contributed by atoms with Crippen molar-refractivity contribution >= 4 is 11.6 Å². The van der Waals surface area contributed by atoms with Gasteiger partial charge in [-0.05, 0) is 42.5 Å². The lowest BCUT2D eigenvalue weighted by Gasteiger charge is -2.20. The maximum Gasteiger partial charge on any atom is 0.126 e. The van der Waals surface area contributed by atoms with E-state index < -0.39 is 0 Å². The van der Waals surface area contributed by atoms with Crippen molar-refractivity contribution in [2.75, 3.05) is 0 Å². The lowest BCUT2D eigenvalue weighted by atomic mass is 9.94. The summed E-state index contributed by atoms with van der Waals surface area (Å²) < 4.78 is 13.7. The Morgan fingerprint density at radius 1 is 1.39 bits per heavy atom. The summed E-state index contributed by atoms with van der Waals surface area (Å²) in [5.41, 5.74) is 3.46. The highest BCUT2D eigenvalue weighted by atomic mass is 35.5. The summed E-state index contributed by atoms with van der Waals surface area (Å²) >= 11 is 5.90. The Kier molecular flexibility index (Phi) is 4.98. The summed E-state index contributed by atoms with van der Waals surface area (Å²) in [6, 6.07) is 4.81. The van der Waals surface area contributed by atoms with Gasteiger partial charge in [0.2, 0.25) is 0 Å². The first kappa shape index (κ1) is 13.8. The third-order valence-electron chi connectivity index (χ3n) is 3.80. The van der Waals surface area contributed by atoms with Gasteiger partial charge in [-0.1, -0.05) is 37.3 Å². The zero-order valence-electron chi connectivity index (χ0n) is 10.5. The summed E-state index contributed by atoms with van der Waals surface area (Å²) in [5.74, 6) is 6.11. The van der Waals surface area contributed by atoms with Crippen LogP contribution in [0.15, 0.2) is 18.2 Å². The second-order valence-electron chi connectivity index (χ2n) is 5.19. The molecule has 2 nitrogen and oxygen atoms in total. The third-order valence-corrected chi connectivity index (χ3v) is 4.04. The van der Waals surface area contributed by atoms with E-state index >= 15 is 0 Å². The van der Waals surface area contributed by atoms with Crippen molar-refractivity contribution in [2.24, 2.45) is 11.8 Å². The minimum Gasteiger partial charge on any atom is -0.271 e. The van der Waals surface area contributed by atoms with Crippen LogP contribution in [0.5, 0.6) is 0 Å². The maximum atomic E-state index is 13.7. The Labute approximate surface area is 113 Å². The second kappa shape index (κ2) is 6.50. The van der Waals surface area contributed by atoms with Crippen LogP contribution in [0.25, 0.3) is 0 Å². The van der Waals surface area contributed by atoms with Gasteiger partial charge in [0, 0.05) is 11.1 Å². The van der Waals surface area contributed by atoms with Crippen LogP contribution in [-0.4, -0.2) is 6.04 Å². The highest BCUT2D eigenvalue weighted by molar-refractivity contribution is 6.30. The molecule has 0 saturated heterocycles. The molecule has 0 aliphatic heterocycles. The van der Waals surface area contributed by atoms with E-state index in [0.717, 1.165) is 12.3 Å². The van der Waals surface area contributed by atoms with E-state index in [9.17, 15) is 4.39 Å². The number of nitrogens with one attached hydrogen (secondary N) is 1. The van der Waals surface area contributed by atoms with E-state index in [4.69, 9.17) is 17.4 Å². The number of rotatable bonds is 5. The number of hydrazine groups is 1. The topological polar surface area (TPSA) is 38.0 Å². The molecule has 100 valence electrons. The molecule has 1 aliphatic carbocycles. The van der Waals surface area contributed by atoms with Gasteiger partial charge in [-0.2, -0.15) is 0 Å². The number of halogens is 2. The molecule has 1 fully saturated rings. The predicted octanol–water partition coefficient (Wildman–Crippen LogP) is 3.43. The molecule has 3 N–H and O–H groups in total. The SMILES string of the molecule is NNC(Cc1cc(Cl)ccc1F)CC1CCCC1. The van der Waals surface area contributed by atoms with Gasteiger partial charge in [0.25, 0.3) is 0 Å². The fraction of sp³-hybridized carbons (Fsp3) is 0.571. The molecule has 1 unspecified atom stereocenters. The van der Waals surface area contributed by atoms with Crippen molar-refractivity contribution in [3.63, 3.8) is 0 Å².